The van der Waals surface area contributed by atoms with Gasteiger partial charge in [0.1, 0.15) is 6.04 Å². The van der Waals surface area contributed by atoms with Gasteiger partial charge in [-0.2, -0.15) is 0 Å². The second-order valence-corrected chi connectivity index (χ2v) is 4.30. The number of nitro benzene ring substituents is 1. The number of amides is 1. The number of aldehydes is 1. The van der Waals surface area contributed by atoms with E-state index in [2.05, 4.69) is 0 Å². The van der Waals surface area contributed by atoms with Gasteiger partial charge in [-0.1, -0.05) is 0 Å². The van der Waals surface area contributed by atoms with E-state index in [1.165, 1.54) is 18.2 Å². The Hall–Kier alpha value is -2.48. The minimum Gasteiger partial charge on any atom is -0.377 e. The number of benzene rings is 1. The molecular formula is C12H13N3O5. The molecule has 1 saturated heterocycles. The second-order valence-electron chi connectivity index (χ2n) is 4.30. The first-order chi connectivity index (χ1) is 9.54. The van der Waals surface area contributed by atoms with Gasteiger partial charge in [-0.25, -0.2) is 0 Å². The Morgan fingerprint density at radius 3 is 2.90 bits per heavy atom. The second kappa shape index (κ2) is 5.66. The van der Waals surface area contributed by atoms with E-state index in [4.69, 9.17) is 10.5 Å². The molecule has 1 fully saturated rings. The topological polar surface area (TPSA) is 116 Å². The van der Waals surface area contributed by atoms with E-state index in [1.54, 1.807) is 4.90 Å². The first-order valence-electron chi connectivity index (χ1n) is 5.92. The molecular weight excluding hydrogens is 266 g/mol. The molecule has 1 unspecified atom stereocenters. The molecule has 0 spiro atoms. The van der Waals surface area contributed by atoms with Crippen LogP contribution in [0.25, 0.3) is 0 Å². The smallest absolute Gasteiger partial charge is 0.270 e. The Bertz CT molecular complexity index is 560. The lowest BCUT2D eigenvalue weighted by Gasteiger charge is -2.35. The number of primary amides is 1. The third-order valence-electron chi connectivity index (χ3n) is 3.12. The summed E-state index contributed by atoms with van der Waals surface area (Å²) >= 11 is 0. The first kappa shape index (κ1) is 13.9. The van der Waals surface area contributed by atoms with Crippen molar-refractivity contribution in [3.05, 3.63) is 33.9 Å². The van der Waals surface area contributed by atoms with E-state index in [-0.39, 0.29) is 17.9 Å². The number of rotatable bonds is 4. The molecule has 106 valence electrons. The van der Waals surface area contributed by atoms with Gasteiger partial charge in [-0.05, 0) is 6.07 Å². The van der Waals surface area contributed by atoms with Crippen molar-refractivity contribution in [1.29, 1.82) is 0 Å². The maximum atomic E-state index is 11.4. The summed E-state index contributed by atoms with van der Waals surface area (Å²) < 4.78 is 5.19. The minimum atomic E-state index is -0.691. The SMILES string of the molecule is NC(=O)C1COCCN1c1ccc([N+](=O)[O-])cc1C=O. The lowest BCUT2D eigenvalue weighted by Crippen LogP contribution is -2.53. The molecule has 0 saturated carbocycles. The summed E-state index contributed by atoms with van der Waals surface area (Å²) in [6.07, 6.45) is 0.524. The molecule has 1 aromatic rings. The molecule has 1 amide bonds. The zero-order valence-corrected chi connectivity index (χ0v) is 10.5. The van der Waals surface area contributed by atoms with E-state index in [0.29, 0.717) is 25.1 Å². The summed E-state index contributed by atoms with van der Waals surface area (Å²) in [5.74, 6) is -0.570. The minimum absolute atomic E-state index is 0.130. The Kier molecular flexibility index (Phi) is 3.94. The third kappa shape index (κ3) is 2.59. The predicted molar refractivity (Wildman–Crippen MR) is 69.6 cm³/mol. The fraction of sp³-hybridized carbons (Fsp3) is 0.333. The van der Waals surface area contributed by atoms with E-state index in [0.717, 1.165) is 0 Å². The number of hydrogen-bond donors (Lipinski definition) is 1. The van der Waals surface area contributed by atoms with Gasteiger partial charge in [-0.3, -0.25) is 19.7 Å². The van der Waals surface area contributed by atoms with Crippen molar-refractivity contribution in [2.75, 3.05) is 24.7 Å². The van der Waals surface area contributed by atoms with Crippen molar-refractivity contribution in [2.24, 2.45) is 5.73 Å². The largest absolute Gasteiger partial charge is 0.377 e. The maximum Gasteiger partial charge on any atom is 0.270 e. The molecule has 2 N–H and O–H groups in total. The lowest BCUT2D eigenvalue weighted by atomic mass is 10.1. The van der Waals surface area contributed by atoms with E-state index in [1.807, 2.05) is 0 Å². The zero-order chi connectivity index (χ0) is 14.7. The van der Waals surface area contributed by atoms with Crippen molar-refractivity contribution in [2.45, 2.75) is 6.04 Å². The van der Waals surface area contributed by atoms with Gasteiger partial charge in [0, 0.05) is 29.9 Å². The number of non-ortho nitro benzene ring substituents is 1. The monoisotopic (exact) mass is 279 g/mol. The van der Waals surface area contributed by atoms with Gasteiger partial charge < -0.3 is 15.4 Å². The Labute approximate surface area is 114 Å². The van der Waals surface area contributed by atoms with Gasteiger partial charge in [-0.15, -0.1) is 0 Å². The van der Waals surface area contributed by atoms with Crippen LogP contribution in [-0.4, -0.2) is 42.9 Å². The van der Waals surface area contributed by atoms with Crippen LogP contribution in [0.1, 0.15) is 10.4 Å². The Balaban J connectivity index is 2.42. The number of nitrogens with zero attached hydrogens (tertiary/aromatic N) is 2. The van der Waals surface area contributed by atoms with Crippen LogP contribution < -0.4 is 10.6 Å². The van der Waals surface area contributed by atoms with Crippen LogP contribution in [0.5, 0.6) is 0 Å². The molecule has 0 bridgehead atoms. The standard InChI is InChI=1S/C12H13N3O5/c13-12(17)11-7-20-4-3-14(11)10-2-1-9(15(18)19)5-8(10)6-16/h1-2,5-6,11H,3-4,7H2,(H2,13,17). The summed E-state index contributed by atoms with van der Waals surface area (Å²) in [5.41, 5.74) is 5.71. The number of anilines is 1. The fourth-order valence-corrected chi connectivity index (χ4v) is 2.14. The highest BCUT2D eigenvalue weighted by Crippen LogP contribution is 2.27. The average Bonchev–Trinajstić information content (AvgIpc) is 2.46. The van der Waals surface area contributed by atoms with Crippen LogP contribution in [-0.2, 0) is 9.53 Å². The van der Waals surface area contributed by atoms with Crippen molar-refractivity contribution in [3.63, 3.8) is 0 Å². The summed E-state index contributed by atoms with van der Waals surface area (Å²) in [6, 6.07) is 3.22. The predicted octanol–water partition coefficient (Wildman–Crippen LogP) is 0.0978. The van der Waals surface area contributed by atoms with E-state index in [9.17, 15) is 19.7 Å². The molecule has 1 aromatic carbocycles. The molecule has 1 atom stereocenters. The number of carbonyl (C=O) groups is 2. The highest BCUT2D eigenvalue weighted by atomic mass is 16.6. The van der Waals surface area contributed by atoms with Crippen LogP contribution in [0, 0.1) is 10.1 Å². The number of nitrogens with two attached hydrogens (primary N) is 1. The third-order valence-corrected chi connectivity index (χ3v) is 3.12. The first-order valence-corrected chi connectivity index (χ1v) is 5.92. The van der Waals surface area contributed by atoms with Crippen LogP contribution >= 0.6 is 0 Å². The fourth-order valence-electron chi connectivity index (χ4n) is 2.14. The van der Waals surface area contributed by atoms with E-state index < -0.39 is 16.9 Å². The number of nitro groups is 1. The highest BCUT2D eigenvalue weighted by Gasteiger charge is 2.29. The van der Waals surface area contributed by atoms with Crippen molar-refractivity contribution in [1.82, 2.24) is 0 Å². The van der Waals surface area contributed by atoms with Gasteiger partial charge >= 0.3 is 0 Å². The van der Waals surface area contributed by atoms with Crippen LogP contribution in [0.15, 0.2) is 18.2 Å². The Morgan fingerprint density at radius 2 is 2.30 bits per heavy atom. The average molecular weight is 279 g/mol. The van der Waals surface area contributed by atoms with Gasteiger partial charge in [0.05, 0.1) is 18.1 Å². The molecule has 8 nitrogen and oxygen atoms in total. The normalized spacial score (nSPS) is 18.6. The van der Waals surface area contributed by atoms with E-state index >= 15 is 0 Å². The zero-order valence-electron chi connectivity index (χ0n) is 10.5. The molecule has 2 rings (SSSR count). The summed E-state index contributed by atoms with van der Waals surface area (Å²) in [4.78, 5) is 34.3. The number of morpholine rings is 1. The molecule has 8 heteroatoms. The van der Waals surface area contributed by atoms with Gasteiger partial charge in [0.15, 0.2) is 6.29 Å². The van der Waals surface area contributed by atoms with Crippen LogP contribution in [0.3, 0.4) is 0 Å². The molecule has 1 heterocycles. The summed E-state index contributed by atoms with van der Waals surface area (Å²) in [6.45, 7) is 0.899. The van der Waals surface area contributed by atoms with Gasteiger partial charge in [0.2, 0.25) is 5.91 Å². The van der Waals surface area contributed by atoms with Gasteiger partial charge in [0.25, 0.3) is 5.69 Å². The number of carbonyl (C=O) groups excluding carboxylic acids is 2. The molecule has 20 heavy (non-hydrogen) atoms. The lowest BCUT2D eigenvalue weighted by molar-refractivity contribution is -0.384. The molecule has 0 aromatic heterocycles. The molecule has 1 aliphatic rings. The maximum absolute atomic E-state index is 11.4. The molecule has 1 aliphatic heterocycles. The highest BCUT2D eigenvalue weighted by molar-refractivity contribution is 5.90. The van der Waals surface area contributed by atoms with Crippen molar-refractivity contribution < 1.29 is 19.2 Å². The summed E-state index contributed by atoms with van der Waals surface area (Å²) in [5, 5.41) is 10.7. The van der Waals surface area contributed by atoms with Crippen LogP contribution in [0.4, 0.5) is 11.4 Å². The molecule has 0 radical (unpaired) electrons. The quantitative estimate of drug-likeness (QED) is 0.474. The number of ether oxygens (including phenoxy) is 1. The summed E-state index contributed by atoms with van der Waals surface area (Å²) in [7, 11) is 0. The van der Waals surface area contributed by atoms with Crippen molar-refractivity contribution >= 4 is 23.6 Å². The van der Waals surface area contributed by atoms with Crippen LogP contribution in [0.2, 0.25) is 0 Å². The Morgan fingerprint density at radius 1 is 1.55 bits per heavy atom. The van der Waals surface area contributed by atoms with Crippen molar-refractivity contribution in [3.8, 4) is 0 Å². The number of hydrogen-bond acceptors (Lipinski definition) is 6. The molecule has 0 aliphatic carbocycles.